The molecule has 1 amide bonds. The van der Waals surface area contributed by atoms with Crippen LogP contribution in [0, 0.1) is 12.7 Å². The number of rotatable bonds is 6. The highest BCUT2D eigenvalue weighted by molar-refractivity contribution is 7.17. The van der Waals surface area contributed by atoms with E-state index in [1.807, 2.05) is 0 Å². The van der Waals surface area contributed by atoms with Gasteiger partial charge in [0.2, 0.25) is 0 Å². The number of halogens is 1. The van der Waals surface area contributed by atoms with E-state index in [1.165, 1.54) is 19.2 Å². The van der Waals surface area contributed by atoms with Crippen molar-refractivity contribution in [2.45, 2.75) is 19.9 Å². The van der Waals surface area contributed by atoms with Crippen molar-refractivity contribution in [1.82, 2.24) is 4.98 Å². The second-order valence-electron chi connectivity index (χ2n) is 7.58. The summed E-state index contributed by atoms with van der Waals surface area (Å²) in [5.74, 6) is -2.85. The molecule has 0 bridgehead atoms. The van der Waals surface area contributed by atoms with Crippen molar-refractivity contribution in [3.63, 3.8) is 0 Å². The topological polar surface area (TPSA) is 106 Å². The van der Waals surface area contributed by atoms with Gasteiger partial charge >= 0.3 is 11.9 Å². The minimum Gasteiger partial charge on any atom is -0.507 e. The Morgan fingerprint density at radius 1 is 1.14 bits per heavy atom. The predicted octanol–water partition coefficient (Wildman–Crippen LogP) is 4.40. The zero-order chi connectivity index (χ0) is 25.3. The van der Waals surface area contributed by atoms with Crippen LogP contribution in [-0.4, -0.2) is 41.5 Å². The van der Waals surface area contributed by atoms with Crippen molar-refractivity contribution < 1.29 is 33.4 Å². The van der Waals surface area contributed by atoms with Gasteiger partial charge in [0.25, 0.3) is 5.78 Å². The minimum absolute atomic E-state index is 0.103. The van der Waals surface area contributed by atoms with Crippen molar-refractivity contribution in [3.05, 3.63) is 81.6 Å². The molecule has 2 aromatic carbocycles. The molecule has 10 heteroatoms. The normalized spacial score (nSPS) is 17.0. The van der Waals surface area contributed by atoms with Crippen LogP contribution in [0.25, 0.3) is 5.76 Å². The van der Waals surface area contributed by atoms with Crippen LogP contribution in [0.1, 0.15) is 39.5 Å². The second kappa shape index (κ2) is 9.67. The number of nitrogens with zero attached hydrogens (tertiary/aromatic N) is 2. The summed E-state index contributed by atoms with van der Waals surface area (Å²) in [6.45, 7) is 3.44. The van der Waals surface area contributed by atoms with Gasteiger partial charge in [-0.25, -0.2) is 14.2 Å². The van der Waals surface area contributed by atoms with Crippen molar-refractivity contribution >= 4 is 39.9 Å². The lowest BCUT2D eigenvalue weighted by Gasteiger charge is -2.23. The number of hydrogen-bond donors (Lipinski definition) is 1. The molecule has 2 heterocycles. The van der Waals surface area contributed by atoms with Gasteiger partial charge in [-0.1, -0.05) is 23.5 Å². The number of aryl methyl sites for hydroxylation is 1. The number of ether oxygens (including phenoxy) is 2. The summed E-state index contributed by atoms with van der Waals surface area (Å²) in [6.07, 6.45) is 0. The molecule has 1 aliphatic rings. The highest BCUT2D eigenvalue weighted by Crippen LogP contribution is 2.44. The van der Waals surface area contributed by atoms with Crippen LogP contribution in [0.2, 0.25) is 0 Å². The largest absolute Gasteiger partial charge is 0.507 e. The van der Waals surface area contributed by atoms with Crippen LogP contribution in [0.4, 0.5) is 9.52 Å². The number of esters is 1. The van der Waals surface area contributed by atoms with Crippen LogP contribution in [0.15, 0.2) is 54.1 Å². The first-order valence-electron chi connectivity index (χ1n) is 10.6. The molecule has 4 rings (SSSR count). The van der Waals surface area contributed by atoms with Crippen LogP contribution in [0.3, 0.4) is 0 Å². The van der Waals surface area contributed by atoms with Gasteiger partial charge in [0.15, 0.2) is 5.13 Å². The third kappa shape index (κ3) is 4.40. The van der Waals surface area contributed by atoms with E-state index in [0.29, 0.717) is 17.0 Å². The maximum atomic E-state index is 13.4. The quantitative estimate of drug-likeness (QED) is 0.233. The van der Waals surface area contributed by atoms with E-state index in [-0.39, 0.29) is 27.8 Å². The number of Topliss-reactive ketones (excluding diaryl/α,β-unsaturated/α-hetero) is 1. The molecule has 35 heavy (non-hydrogen) atoms. The minimum atomic E-state index is -1.05. The zero-order valence-corrected chi connectivity index (χ0v) is 19.9. The van der Waals surface area contributed by atoms with Gasteiger partial charge in [0.05, 0.1) is 31.0 Å². The van der Waals surface area contributed by atoms with Gasteiger partial charge in [-0.2, -0.15) is 0 Å². The summed E-state index contributed by atoms with van der Waals surface area (Å²) >= 11 is 0.917. The average molecular weight is 497 g/mol. The number of aliphatic hydroxyl groups excluding tert-OH is 1. The molecule has 0 radical (unpaired) electrons. The first kappa shape index (κ1) is 24.1. The Kier molecular flexibility index (Phi) is 6.65. The smallest absolute Gasteiger partial charge is 0.350 e. The number of carbonyl (C=O) groups excluding carboxylic acids is 3. The van der Waals surface area contributed by atoms with Gasteiger partial charge in [-0.3, -0.25) is 14.5 Å². The van der Waals surface area contributed by atoms with Crippen molar-refractivity contribution in [1.29, 1.82) is 0 Å². The van der Waals surface area contributed by atoms with Gasteiger partial charge in [0.1, 0.15) is 22.2 Å². The number of thiazole rings is 1. The Hall–Kier alpha value is -4.05. The number of aliphatic hydroxyl groups is 1. The number of methoxy groups -OCH3 is 1. The molecule has 1 aromatic heterocycles. The Bertz CT molecular complexity index is 1330. The summed E-state index contributed by atoms with van der Waals surface area (Å²) in [6, 6.07) is 10.5. The number of amides is 1. The summed E-state index contributed by atoms with van der Waals surface area (Å²) in [4.78, 5) is 44.5. The van der Waals surface area contributed by atoms with Crippen LogP contribution in [0.5, 0.6) is 5.75 Å². The van der Waals surface area contributed by atoms with E-state index in [9.17, 15) is 23.9 Å². The Balaban J connectivity index is 1.90. The molecule has 0 spiro atoms. The fraction of sp³-hybridized carbons (Fsp3) is 0.200. The van der Waals surface area contributed by atoms with Gasteiger partial charge in [-0.15, -0.1) is 0 Å². The summed E-state index contributed by atoms with van der Waals surface area (Å²) in [5.41, 5.74) is 0.833. The molecule has 0 aliphatic carbocycles. The molecule has 3 aromatic rings. The van der Waals surface area contributed by atoms with Crippen molar-refractivity contribution in [2.75, 3.05) is 18.6 Å². The molecule has 1 saturated heterocycles. The molecule has 1 N–H and O–H groups in total. The molecule has 1 fully saturated rings. The van der Waals surface area contributed by atoms with Gasteiger partial charge in [-0.05, 0) is 55.8 Å². The molecule has 1 unspecified atom stereocenters. The van der Waals surface area contributed by atoms with Crippen LogP contribution in [-0.2, 0) is 14.3 Å². The van der Waals surface area contributed by atoms with Crippen molar-refractivity contribution in [3.8, 4) is 5.75 Å². The average Bonchev–Trinajstić information content (AvgIpc) is 3.36. The lowest BCUT2D eigenvalue weighted by atomic mass is 9.95. The number of anilines is 1. The van der Waals surface area contributed by atoms with E-state index in [0.717, 1.165) is 28.4 Å². The lowest BCUT2D eigenvalue weighted by Crippen LogP contribution is -2.29. The second-order valence-corrected chi connectivity index (χ2v) is 8.56. The van der Waals surface area contributed by atoms with Gasteiger partial charge < -0.3 is 14.6 Å². The Morgan fingerprint density at radius 3 is 2.40 bits per heavy atom. The maximum Gasteiger partial charge on any atom is 0.350 e. The monoisotopic (exact) mass is 496 g/mol. The summed E-state index contributed by atoms with van der Waals surface area (Å²) in [7, 11) is 1.50. The number of aromatic nitrogens is 1. The Labute approximate surface area is 204 Å². The summed E-state index contributed by atoms with van der Waals surface area (Å²) in [5, 5.41) is 11.2. The molecule has 1 atom stereocenters. The van der Waals surface area contributed by atoms with Crippen LogP contribution >= 0.6 is 11.3 Å². The molecule has 8 nitrogen and oxygen atoms in total. The number of ketones is 1. The highest BCUT2D eigenvalue weighted by atomic mass is 32.1. The third-order valence-corrected chi connectivity index (χ3v) is 6.58. The van der Waals surface area contributed by atoms with E-state index < -0.39 is 35.3 Å². The first-order chi connectivity index (χ1) is 16.8. The zero-order valence-electron chi connectivity index (χ0n) is 19.1. The molecular formula is C25H21FN2O6S. The lowest BCUT2D eigenvalue weighted by molar-refractivity contribution is -0.132. The molecule has 1 aliphatic heterocycles. The fourth-order valence-electron chi connectivity index (χ4n) is 3.77. The SMILES string of the molecule is CCOC(=O)c1sc(N2C(=O)C(=O)/C(=C(\O)c3ccc(F)cc3)C2c2ccc(OC)cc2)nc1C. The van der Waals surface area contributed by atoms with E-state index in [1.54, 1.807) is 38.1 Å². The third-order valence-electron chi connectivity index (χ3n) is 5.45. The fourth-order valence-corrected chi connectivity index (χ4v) is 4.75. The first-order valence-corrected chi connectivity index (χ1v) is 11.4. The van der Waals surface area contributed by atoms with E-state index in [2.05, 4.69) is 4.98 Å². The molecule has 0 saturated carbocycles. The van der Waals surface area contributed by atoms with Crippen LogP contribution < -0.4 is 9.64 Å². The highest BCUT2D eigenvalue weighted by Gasteiger charge is 2.48. The predicted molar refractivity (Wildman–Crippen MR) is 127 cm³/mol. The number of benzene rings is 2. The molecule has 180 valence electrons. The maximum absolute atomic E-state index is 13.4. The Morgan fingerprint density at radius 2 is 1.80 bits per heavy atom. The van der Waals surface area contributed by atoms with Crippen molar-refractivity contribution in [2.24, 2.45) is 0 Å². The standard InChI is InChI=1S/C25H21FN2O6S/c1-4-34-24(32)22-13(2)27-25(35-22)28-19(14-7-11-17(33-3)12-8-14)18(21(30)23(28)31)20(29)15-5-9-16(26)10-6-15/h5-12,19,29H,4H2,1-3H3/b20-18-. The van der Waals surface area contributed by atoms with Gasteiger partial charge in [0, 0.05) is 5.56 Å². The molecular weight excluding hydrogens is 475 g/mol. The van der Waals surface area contributed by atoms with E-state index in [4.69, 9.17) is 9.47 Å². The number of carbonyl (C=O) groups is 3. The number of hydrogen-bond acceptors (Lipinski definition) is 8. The van der Waals surface area contributed by atoms with E-state index >= 15 is 0 Å². The summed E-state index contributed by atoms with van der Waals surface area (Å²) < 4.78 is 23.7.